The molecule has 1 aromatic rings. The molecule has 1 heteroatoms. The average molecular weight is 232 g/mol. The smallest absolute Gasteiger partial charge is 0.184 e. The Kier molecular flexibility index (Phi) is 6.61. The molecule has 0 amide bonds. The van der Waals surface area contributed by atoms with Crippen molar-refractivity contribution in [3.63, 3.8) is 0 Å². The predicted molar refractivity (Wildman–Crippen MR) is 74.5 cm³/mol. The first-order valence-electron chi connectivity index (χ1n) is 6.84. The molecule has 0 aliphatic rings. The van der Waals surface area contributed by atoms with Crippen LogP contribution in [0.3, 0.4) is 0 Å². The van der Waals surface area contributed by atoms with Crippen molar-refractivity contribution >= 4 is 0 Å². The fraction of sp³-hybridized carbons (Fsp3) is 0.562. The molecule has 94 valence electrons. The van der Waals surface area contributed by atoms with Crippen LogP contribution in [0.15, 0.2) is 29.1 Å². The lowest BCUT2D eigenvalue weighted by molar-refractivity contribution is 0.607. The maximum atomic E-state index is 11.9. The van der Waals surface area contributed by atoms with E-state index in [-0.39, 0.29) is 5.43 Å². The van der Waals surface area contributed by atoms with Crippen LogP contribution in [0, 0.1) is 6.92 Å². The Morgan fingerprint density at radius 2 is 1.59 bits per heavy atom. The van der Waals surface area contributed by atoms with E-state index in [1.807, 2.05) is 31.2 Å². The van der Waals surface area contributed by atoms with Gasteiger partial charge in [0, 0.05) is 0 Å². The highest BCUT2D eigenvalue weighted by Gasteiger charge is 1.99. The van der Waals surface area contributed by atoms with Gasteiger partial charge in [-0.15, -0.1) is 0 Å². The molecule has 0 heterocycles. The van der Waals surface area contributed by atoms with Gasteiger partial charge in [-0.1, -0.05) is 63.3 Å². The minimum atomic E-state index is 0.226. The maximum Gasteiger partial charge on any atom is 0.184 e. The highest BCUT2D eigenvalue weighted by Crippen LogP contribution is 2.07. The van der Waals surface area contributed by atoms with Gasteiger partial charge in [0.25, 0.3) is 0 Å². The summed E-state index contributed by atoms with van der Waals surface area (Å²) in [6, 6.07) is 7.79. The van der Waals surface area contributed by atoms with Crippen molar-refractivity contribution < 1.29 is 0 Å². The molecular formula is C16H24O. The van der Waals surface area contributed by atoms with Crippen molar-refractivity contribution in [2.45, 2.75) is 58.8 Å². The summed E-state index contributed by atoms with van der Waals surface area (Å²) < 4.78 is 0. The molecular weight excluding hydrogens is 208 g/mol. The first kappa shape index (κ1) is 14.0. The van der Waals surface area contributed by atoms with Crippen LogP contribution >= 0.6 is 0 Å². The van der Waals surface area contributed by atoms with Crippen LogP contribution in [-0.4, -0.2) is 0 Å². The Morgan fingerprint density at radius 3 is 2.35 bits per heavy atom. The quantitative estimate of drug-likeness (QED) is 0.642. The molecule has 0 bridgehead atoms. The van der Waals surface area contributed by atoms with Crippen LogP contribution in [0.5, 0.6) is 0 Å². The lowest BCUT2D eigenvalue weighted by Crippen LogP contribution is -2.08. The molecule has 0 N–H and O–H groups in total. The summed E-state index contributed by atoms with van der Waals surface area (Å²) in [6.45, 7) is 4.13. The van der Waals surface area contributed by atoms with Gasteiger partial charge in [0.1, 0.15) is 0 Å². The molecule has 0 saturated carbocycles. The van der Waals surface area contributed by atoms with Crippen molar-refractivity contribution in [2.24, 2.45) is 0 Å². The minimum absolute atomic E-state index is 0.226. The molecule has 17 heavy (non-hydrogen) atoms. The van der Waals surface area contributed by atoms with Crippen LogP contribution in [0.4, 0.5) is 0 Å². The van der Waals surface area contributed by atoms with Crippen molar-refractivity contribution in [1.29, 1.82) is 0 Å². The lowest BCUT2D eigenvalue weighted by Gasteiger charge is -2.00. The SMILES string of the molecule is CCCCCCCCc1ccccc(C)c1=O. The Bertz CT molecular complexity index is 382. The third-order valence-corrected chi connectivity index (χ3v) is 3.20. The molecule has 1 aromatic carbocycles. The van der Waals surface area contributed by atoms with Gasteiger partial charge in [-0.25, -0.2) is 0 Å². The standard InChI is InChI=1S/C16H24O/c1-3-4-5-6-7-8-12-15-13-10-9-11-14(2)16(15)17/h9-11,13H,3-8,12H2,1-2H3. The number of rotatable bonds is 7. The number of hydrogen-bond donors (Lipinski definition) is 0. The number of aryl methyl sites for hydroxylation is 2. The van der Waals surface area contributed by atoms with E-state index in [9.17, 15) is 4.79 Å². The van der Waals surface area contributed by atoms with Gasteiger partial charge in [0.05, 0.1) is 0 Å². The summed E-state index contributed by atoms with van der Waals surface area (Å²) >= 11 is 0. The molecule has 0 spiro atoms. The van der Waals surface area contributed by atoms with E-state index in [1.54, 1.807) is 0 Å². The average Bonchev–Trinajstić information content (AvgIpc) is 2.48. The van der Waals surface area contributed by atoms with E-state index in [1.165, 1.54) is 32.1 Å². The van der Waals surface area contributed by atoms with Crippen LogP contribution in [0.1, 0.15) is 56.6 Å². The highest BCUT2D eigenvalue weighted by molar-refractivity contribution is 5.21. The van der Waals surface area contributed by atoms with Crippen LogP contribution in [0.2, 0.25) is 0 Å². The third-order valence-electron chi connectivity index (χ3n) is 3.20. The van der Waals surface area contributed by atoms with Crippen LogP contribution in [-0.2, 0) is 6.42 Å². The summed E-state index contributed by atoms with van der Waals surface area (Å²) in [4.78, 5) is 11.9. The number of unbranched alkanes of at least 4 members (excludes halogenated alkanes) is 5. The summed E-state index contributed by atoms with van der Waals surface area (Å²) in [5.41, 5.74) is 2.06. The molecule has 1 rings (SSSR count). The largest absolute Gasteiger partial charge is 0.289 e. The Morgan fingerprint density at radius 1 is 0.941 bits per heavy atom. The van der Waals surface area contributed by atoms with E-state index in [0.29, 0.717) is 0 Å². The summed E-state index contributed by atoms with van der Waals surface area (Å²) in [5.74, 6) is 0. The topological polar surface area (TPSA) is 17.1 Å². The van der Waals surface area contributed by atoms with Crippen molar-refractivity contribution in [3.8, 4) is 0 Å². The fourth-order valence-corrected chi connectivity index (χ4v) is 2.07. The van der Waals surface area contributed by atoms with Crippen molar-refractivity contribution in [3.05, 3.63) is 45.6 Å². The summed E-state index contributed by atoms with van der Waals surface area (Å²) in [6.07, 6.45) is 8.59. The Labute approximate surface area is 105 Å². The summed E-state index contributed by atoms with van der Waals surface area (Å²) in [7, 11) is 0. The zero-order valence-electron chi connectivity index (χ0n) is 11.2. The first-order valence-corrected chi connectivity index (χ1v) is 6.84. The zero-order chi connectivity index (χ0) is 12.5. The van der Waals surface area contributed by atoms with Gasteiger partial charge < -0.3 is 0 Å². The molecule has 0 fully saturated rings. The monoisotopic (exact) mass is 232 g/mol. The molecule has 1 nitrogen and oxygen atoms in total. The fourth-order valence-electron chi connectivity index (χ4n) is 2.07. The molecule has 0 unspecified atom stereocenters. The second-order valence-electron chi connectivity index (χ2n) is 4.77. The lowest BCUT2D eigenvalue weighted by atomic mass is 10.1. The molecule has 0 aromatic heterocycles. The van der Waals surface area contributed by atoms with E-state index < -0.39 is 0 Å². The number of hydrogen-bond acceptors (Lipinski definition) is 1. The van der Waals surface area contributed by atoms with Gasteiger partial charge in [-0.05, 0) is 30.9 Å². The Hall–Kier alpha value is -1.11. The first-order chi connectivity index (χ1) is 8.25. The third kappa shape index (κ3) is 5.16. The van der Waals surface area contributed by atoms with Gasteiger partial charge in [-0.3, -0.25) is 4.79 Å². The maximum absolute atomic E-state index is 11.9. The molecule has 0 radical (unpaired) electrons. The van der Waals surface area contributed by atoms with Crippen LogP contribution < -0.4 is 5.43 Å². The van der Waals surface area contributed by atoms with E-state index in [4.69, 9.17) is 0 Å². The van der Waals surface area contributed by atoms with Crippen molar-refractivity contribution in [2.75, 3.05) is 0 Å². The van der Waals surface area contributed by atoms with Crippen molar-refractivity contribution in [1.82, 2.24) is 0 Å². The van der Waals surface area contributed by atoms with Gasteiger partial charge in [0.15, 0.2) is 5.43 Å². The normalized spacial score (nSPS) is 10.5. The zero-order valence-corrected chi connectivity index (χ0v) is 11.2. The molecule has 0 atom stereocenters. The highest BCUT2D eigenvalue weighted by atomic mass is 16.1. The molecule has 0 saturated heterocycles. The predicted octanol–water partition coefficient (Wildman–Crippen LogP) is 4.26. The summed E-state index contributed by atoms with van der Waals surface area (Å²) in [5, 5.41) is 0. The molecule has 0 aliphatic heterocycles. The van der Waals surface area contributed by atoms with Gasteiger partial charge in [0.2, 0.25) is 0 Å². The van der Waals surface area contributed by atoms with Crippen LogP contribution in [0.25, 0.3) is 0 Å². The van der Waals surface area contributed by atoms with Gasteiger partial charge >= 0.3 is 0 Å². The van der Waals surface area contributed by atoms with E-state index in [2.05, 4.69) is 6.92 Å². The molecule has 0 aliphatic carbocycles. The van der Waals surface area contributed by atoms with Gasteiger partial charge in [-0.2, -0.15) is 0 Å². The Balaban J connectivity index is 2.40. The van der Waals surface area contributed by atoms with E-state index in [0.717, 1.165) is 24.0 Å². The second kappa shape index (κ2) is 8.05. The minimum Gasteiger partial charge on any atom is -0.289 e. The second-order valence-corrected chi connectivity index (χ2v) is 4.77. The van der Waals surface area contributed by atoms with E-state index >= 15 is 0 Å².